The number of piperidine rings is 1. The van der Waals surface area contributed by atoms with Crippen LogP contribution in [0.1, 0.15) is 37.3 Å². The van der Waals surface area contributed by atoms with Gasteiger partial charge in [-0.3, -0.25) is 0 Å². The molecule has 0 aromatic carbocycles. The zero-order chi connectivity index (χ0) is 25.9. The van der Waals surface area contributed by atoms with Crippen molar-refractivity contribution in [3.8, 4) is 0 Å². The van der Waals surface area contributed by atoms with Crippen LogP contribution >= 0.6 is 10.7 Å². The summed E-state index contributed by atoms with van der Waals surface area (Å²) in [6.45, 7) is 10.3. The number of hydrogen-bond acceptors (Lipinski definition) is 7. The third kappa shape index (κ3) is 6.37. The van der Waals surface area contributed by atoms with E-state index in [9.17, 15) is 8.42 Å². The molecule has 36 heavy (non-hydrogen) atoms. The number of fused-ring (bicyclic) bond motifs is 1. The predicted molar refractivity (Wildman–Crippen MR) is 146 cm³/mol. The van der Waals surface area contributed by atoms with Crippen molar-refractivity contribution in [3.05, 3.63) is 47.9 Å². The number of halogens is 1. The van der Waals surface area contributed by atoms with Gasteiger partial charge in [-0.05, 0) is 51.4 Å². The van der Waals surface area contributed by atoms with Crippen LogP contribution in [0.15, 0.2) is 36.8 Å². The van der Waals surface area contributed by atoms with Gasteiger partial charge in [0.2, 0.25) is 9.05 Å². The maximum atomic E-state index is 12.6. The molecule has 3 aromatic rings. The van der Waals surface area contributed by atoms with Crippen molar-refractivity contribution in [2.24, 2.45) is 0 Å². The summed E-state index contributed by atoms with van der Waals surface area (Å²) in [7, 11) is 0.462. The number of pyridine rings is 1. The topological polar surface area (TPSA) is 103 Å². The molecule has 0 bridgehead atoms. The molecule has 1 aliphatic rings. The number of anilines is 2. The Balaban J connectivity index is 1.71. The van der Waals surface area contributed by atoms with Crippen molar-refractivity contribution in [2.75, 3.05) is 23.4 Å². The highest BCUT2D eigenvalue weighted by molar-refractivity contribution is 8.14. The quantitative estimate of drug-likeness (QED) is 0.301. The van der Waals surface area contributed by atoms with Crippen LogP contribution in [0.25, 0.3) is 5.65 Å². The molecule has 12 heteroatoms. The maximum Gasteiger partial charge on any atom is 0.237 e. The summed E-state index contributed by atoms with van der Waals surface area (Å²) in [5.74, 6) is 1.52. The predicted octanol–water partition coefficient (Wildman–Crippen LogP) is 3.87. The molecule has 1 saturated heterocycles. The van der Waals surface area contributed by atoms with Gasteiger partial charge in [0.15, 0.2) is 26.4 Å². The van der Waals surface area contributed by atoms with Crippen LogP contribution in [0.4, 0.5) is 11.6 Å². The average molecular weight is 552 g/mol. The normalized spacial score (nSPS) is 19.1. The highest BCUT2D eigenvalue weighted by Gasteiger charge is 2.40. The zero-order valence-electron chi connectivity index (χ0n) is 21.4. The SMILES string of the molecule is CCc1cnn2c(NCc3ccc[nH+]c3)cc(N3CCCC(S(=O)(=O)Cl)C3CCO[Si](C)(C)C)nc12. The standard InChI is InChI=1S/C24H35ClN6O3SSi/c1-5-19-17-28-31-22(27-16-18-8-6-11-26-15-18)14-23(29-24(19)31)30-12-7-9-21(35(25,32)33)20(30)10-13-34-36(2,3)4/h6,8,11,14-15,17,20-21,27H,5,7,9-10,12-13,16H2,1-4H3/p+1. The van der Waals surface area contributed by atoms with E-state index in [1.807, 2.05) is 41.3 Å². The summed E-state index contributed by atoms with van der Waals surface area (Å²) in [5.41, 5.74) is 2.90. The Morgan fingerprint density at radius 2 is 2.14 bits per heavy atom. The Morgan fingerprint density at radius 3 is 2.81 bits per heavy atom. The second-order valence-corrected chi connectivity index (χ2v) is 17.6. The van der Waals surface area contributed by atoms with Gasteiger partial charge in [-0.15, -0.1) is 0 Å². The number of hydrogen-bond donors (Lipinski definition) is 1. The Labute approximate surface area is 218 Å². The Morgan fingerprint density at radius 1 is 1.33 bits per heavy atom. The Hall–Kier alpha value is -2.21. The van der Waals surface area contributed by atoms with Gasteiger partial charge in [0.25, 0.3) is 0 Å². The van der Waals surface area contributed by atoms with E-state index in [1.54, 1.807) is 0 Å². The fraction of sp³-hybridized carbons (Fsp3) is 0.542. The molecule has 1 aliphatic heterocycles. The molecule has 0 saturated carbocycles. The minimum absolute atomic E-state index is 0.322. The van der Waals surface area contributed by atoms with E-state index >= 15 is 0 Å². The maximum absolute atomic E-state index is 12.6. The molecule has 0 amide bonds. The van der Waals surface area contributed by atoms with Crippen LogP contribution < -0.4 is 15.2 Å². The molecule has 196 valence electrons. The summed E-state index contributed by atoms with van der Waals surface area (Å²) in [6.07, 6.45) is 8.27. The van der Waals surface area contributed by atoms with Gasteiger partial charge in [0.05, 0.1) is 17.5 Å². The number of nitrogens with one attached hydrogen (secondary N) is 2. The molecule has 0 spiro atoms. The molecule has 0 aliphatic carbocycles. The summed E-state index contributed by atoms with van der Waals surface area (Å²) < 4.78 is 33.1. The van der Waals surface area contributed by atoms with Crippen molar-refractivity contribution in [3.63, 3.8) is 0 Å². The highest BCUT2D eigenvalue weighted by Crippen LogP contribution is 2.33. The van der Waals surface area contributed by atoms with Crippen LogP contribution in [0, 0.1) is 0 Å². The lowest BCUT2D eigenvalue weighted by Gasteiger charge is -2.41. The molecule has 2 atom stereocenters. The summed E-state index contributed by atoms with van der Waals surface area (Å²) >= 11 is 0. The molecular formula is C24H36ClN6O3SSi+. The summed E-state index contributed by atoms with van der Waals surface area (Å²) in [5, 5.41) is 7.38. The highest BCUT2D eigenvalue weighted by atomic mass is 35.7. The van der Waals surface area contributed by atoms with E-state index < -0.39 is 22.6 Å². The van der Waals surface area contributed by atoms with Crippen LogP contribution in [0.5, 0.6) is 0 Å². The minimum Gasteiger partial charge on any atom is -0.418 e. The number of aromatic amines is 1. The van der Waals surface area contributed by atoms with Gasteiger partial charge in [-0.1, -0.05) is 6.92 Å². The number of aryl methyl sites for hydroxylation is 1. The lowest BCUT2D eigenvalue weighted by atomic mass is 9.99. The first-order chi connectivity index (χ1) is 17.1. The van der Waals surface area contributed by atoms with E-state index in [0.717, 1.165) is 41.3 Å². The Bertz CT molecular complexity index is 1280. The van der Waals surface area contributed by atoms with Crippen LogP contribution in [-0.2, 0) is 26.4 Å². The average Bonchev–Trinajstić information content (AvgIpc) is 3.25. The molecule has 0 radical (unpaired) electrons. The van der Waals surface area contributed by atoms with Crippen molar-refractivity contribution >= 4 is 45.3 Å². The molecule has 2 unspecified atom stereocenters. The number of rotatable bonds is 10. The fourth-order valence-electron chi connectivity index (χ4n) is 4.71. The van der Waals surface area contributed by atoms with Crippen LogP contribution in [0.3, 0.4) is 0 Å². The van der Waals surface area contributed by atoms with Crippen LogP contribution in [-0.4, -0.2) is 55.8 Å². The number of H-pyrrole nitrogens is 1. The van der Waals surface area contributed by atoms with E-state index in [1.165, 1.54) is 0 Å². The van der Waals surface area contributed by atoms with Gasteiger partial charge in [0, 0.05) is 53.6 Å². The van der Waals surface area contributed by atoms with Crippen molar-refractivity contribution in [1.29, 1.82) is 0 Å². The molecule has 3 aromatic heterocycles. The lowest BCUT2D eigenvalue weighted by molar-refractivity contribution is -0.378. The van der Waals surface area contributed by atoms with Crippen molar-refractivity contribution < 1.29 is 17.8 Å². The van der Waals surface area contributed by atoms with Gasteiger partial charge in [-0.25, -0.2) is 18.4 Å². The molecule has 4 rings (SSSR count). The number of nitrogens with zero attached hydrogens (tertiary/aromatic N) is 4. The molecule has 1 fully saturated rings. The monoisotopic (exact) mass is 551 g/mol. The lowest BCUT2D eigenvalue weighted by Crippen LogP contribution is -2.51. The van der Waals surface area contributed by atoms with Gasteiger partial charge < -0.3 is 14.6 Å². The molecular weight excluding hydrogens is 516 g/mol. The number of aromatic nitrogens is 4. The van der Waals surface area contributed by atoms with Crippen molar-refractivity contribution in [2.45, 2.75) is 70.1 Å². The summed E-state index contributed by atoms with van der Waals surface area (Å²) in [4.78, 5) is 10.2. The van der Waals surface area contributed by atoms with E-state index in [-0.39, 0.29) is 6.04 Å². The third-order valence-corrected chi connectivity index (χ3v) is 9.51. The molecule has 4 heterocycles. The third-order valence-electron chi connectivity index (χ3n) is 6.48. The zero-order valence-corrected chi connectivity index (χ0v) is 23.9. The van der Waals surface area contributed by atoms with Gasteiger partial charge >= 0.3 is 0 Å². The molecule has 9 nitrogen and oxygen atoms in total. The second-order valence-electron chi connectivity index (χ2n) is 10.2. The smallest absolute Gasteiger partial charge is 0.237 e. The fourth-order valence-corrected chi connectivity index (χ4v) is 7.17. The summed E-state index contributed by atoms with van der Waals surface area (Å²) in [6, 6.07) is 5.64. The van der Waals surface area contributed by atoms with E-state index in [0.29, 0.717) is 32.5 Å². The largest absolute Gasteiger partial charge is 0.418 e. The Kier molecular flexibility index (Phi) is 8.23. The second kappa shape index (κ2) is 11.0. The van der Waals surface area contributed by atoms with Gasteiger partial charge in [0.1, 0.15) is 11.6 Å². The van der Waals surface area contributed by atoms with Crippen molar-refractivity contribution in [1.82, 2.24) is 14.6 Å². The molecule has 2 N–H and O–H groups in total. The first-order valence-electron chi connectivity index (χ1n) is 12.5. The first kappa shape index (κ1) is 26.8. The minimum atomic E-state index is -3.76. The van der Waals surface area contributed by atoms with Gasteiger partial charge in [-0.2, -0.15) is 9.61 Å². The van der Waals surface area contributed by atoms with E-state index in [2.05, 4.69) is 46.9 Å². The van der Waals surface area contributed by atoms with Crippen LogP contribution in [0.2, 0.25) is 19.6 Å². The first-order valence-corrected chi connectivity index (χ1v) is 18.3. The van der Waals surface area contributed by atoms with E-state index in [4.69, 9.17) is 20.1 Å².